The Morgan fingerprint density at radius 2 is 1.49 bits per heavy atom. The van der Waals surface area contributed by atoms with Crippen LogP contribution in [0.4, 0.5) is 10.5 Å². The molecule has 2 aliphatic heterocycles. The molecule has 2 aromatic carbocycles. The van der Waals surface area contributed by atoms with Gasteiger partial charge in [-0.1, -0.05) is 29.8 Å². The van der Waals surface area contributed by atoms with Crippen LogP contribution in [0.5, 0.6) is 0 Å². The summed E-state index contributed by atoms with van der Waals surface area (Å²) in [6, 6.07) is 17.8. The van der Waals surface area contributed by atoms with E-state index < -0.39 is 5.60 Å². The van der Waals surface area contributed by atoms with Crippen molar-refractivity contribution in [1.82, 2.24) is 19.6 Å². The van der Waals surface area contributed by atoms with Crippen LogP contribution in [-0.4, -0.2) is 76.5 Å². The van der Waals surface area contributed by atoms with Crippen LogP contribution >= 0.6 is 11.6 Å². The largest absolute Gasteiger partial charge is 0.444 e. The minimum Gasteiger partial charge on any atom is -0.444 e. The summed E-state index contributed by atoms with van der Waals surface area (Å²) >= 11 is 6.05. The highest BCUT2D eigenvalue weighted by Gasteiger charge is 2.34. The van der Waals surface area contributed by atoms with Crippen molar-refractivity contribution in [3.05, 3.63) is 77.1 Å². The molecule has 2 fully saturated rings. The molecule has 5 rings (SSSR count). The standard InChI is InChI=1S/C30H36ClN5O3/c1-30(2,3)39-29(38)35-15-13-22(14-16-35)27-26(21-32-36(27)25-7-5-4-6-8-25)28(37)34-19-17-33(18-20-34)24-11-9-23(31)10-12-24/h4-12,21-22H,13-20H2,1-3H3. The van der Waals surface area contributed by atoms with Gasteiger partial charge in [-0.15, -0.1) is 0 Å². The SMILES string of the molecule is CC(C)(C)OC(=O)N1CCC(c2c(C(=O)N3CCN(c4ccc(Cl)cc4)CC3)cnn2-c2ccccc2)CC1. The number of likely N-dealkylation sites (tertiary alicyclic amines) is 1. The molecule has 8 nitrogen and oxygen atoms in total. The van der Waals surface area contributed by atoms with Crippen LogP contribution in [0, 0.1) is 0 Å². The number of carbonyl (C=O) groups excluding carboxylic acids is 2. The minimum absolute atomic E-state index is 0.0116. The van der Waals surface area contributed by atoms with Crippen molar-refractivity contribution in [3.8, 4) is 5.69 Å². The molecule has 2 aliphatic rings. The molecule has 2 saturated heterocycles. The van der Waals surface area contributed by atoms with E-state index in [1.807, 2.05) is 85.0 Å². The molecule has 3 heterocycles. The average Bonchev–Trinajstić information content (AvgIpc) is 3.38. The lowest BCUT2D eigenvalue weighted by Gasteiger charge is -2.37. The second kappa shape index (κ2) is 11.3. The lowest BCUT2D eigenvalue weighted by molar-refractivity contribution is 0.0203. The molecule has 0 atom stereocenters. The number of amides is 2. The number of carbonyl (C=O) groups is 2. The zero-order chi connectivity index (χ0) is 27.6. The maximum Gasteiger partial charge on any atom is 0.410 e. The number of anilines is 1. The van der Waals surface area contributed by atoms with E-state index in [2.05, 4.69) is 4.90 Å². The van der Waals surface area contributed by atoms with Crippen molar-refractivity contribution in [2.45, 2.75) is 45.1 Å². The number of hydrogen-bond donors (Lipinski definition) is 0. The van der Waals surface area contributed by atoms with Crippen molar-refractivity contribution in [2.75, 3.05) is 44.2 Å². The molecule has 0 spiro atoms. The van der Waals surface area contributed by atoms with Gasteiger partial charge >= 0.3 is 6.09 Å². The summed E-state index contributed by atoms with van der Waals surface area (Å²) < 4.78 is 7.49. The van der Waals surface area contributed by atoms with E-state index in [-0.39, 0.29) is 17.9 Å². The highest BCUT2D eigenvalue weighted by atomic mass is 35.5. The van der Waals surface area contributed by atoms with E-state index in [4.69, 9.17) is 21.4 Å². The molecule has 0 N–H and O–H groups in total. The Balaban J connectivity index is 1.34. The van der Waals surface area contributed by atoms with E-state index in [0.717, 1.165) is 43.0 Å². The van der Waals surface area contributed by atoms with Gasteiger partial charge in [0.25, 0.3) is 5.91 Å². The molecule has 206 valence electrons. The van der Waals surface area contributed by atoms with Crippen LogP contribution in [-0.2, 0) is 4.74 Å². The van der Waals surface area contributed by atoms with Crippen molar-refractivity contribution >= 4 is 29.3 Å². The molecule has 0 unspecified atom stereocenters. The molecule has 2 amide bonds. The fraction of sp³-hybridized carbons (Fsp3) is 0.433. The first-order valence-electron chi connectivity index (χ1n) is 13.6. The van der Waals surface area contributed by atoms with E-state index in [1.54, 1.807) is 11.1 Å². The number of piperazine rings is 1. The maximum absolute atomic E-state index is 13.9. The fourth-order valence-electron chi connectivity index (χ4n) is 5.34. The summed E-state index contributed by atoms with van der Waals surface area (Å²) in [5.74, 6) is 0.109. The maximum atomic E-state index is 13.9. The highest BCUT2D eigenvalue weighted by molar-refractivity contribution is 6.30. The minimum atomic E-state index is -0.531. The van der Waals surface area contributed by atoms with Crippen molar-refractivity contribution < 1.29 is 14.3 Å². The Kier molecular flexibility index (Phi) is 7.84. The molecular weight excluding hydrogens is 514 g/mol. The Labute approximate surface area is 235 Å². The van der Waals surface area contributed by atoms with Gasteiger partial charge in [-0.2, -0.15) is 5.10 Å². The fourth-order valence-corrected chi connectivity index (χ4v) is 5.47. The van der Waals surface area contributed by atoms with Crippen LogP contribution in [0.1, 0.15) is 55.6 Å². The number of rotatable bonds is 4. The number of para-hydroxylation sites is 1. The zero-order valence-electron chi connectivity index (χ0n) is 22.8. The molecule has 3 aromatic rings. The average molecular weight is 550 g/mol. The first-order chi connectivity index (χ1) is 18.7. The number of ether oxygens (including phenoxy) is 1. The third-order valence-electron chi connectivity index (χ3n) is 7.33. The van der Waals surface area contributed by atoms with Crippen LogP contribution in [0.2, 0.25) is 5.02 Å². The zero-order valence-corrected chi connectivity index (χ0v) is 23.6. The topological polar surface area (TPSA) is 70.9 Å². The Bertz CT molecular complexity index is 1290. The van der Waals surface area contributed by atoms with E-state index >= 15 is 0 Å². The Morgan fingerprint density at radius 3 is 2.10 bits per heavy atom. The lowest BCUT2D eigenvalue weighted by atomic mass is 9.90. The Hall–Kier alpha value is -3.52. The van der Waals surface area contributed by atoms with Crippen molar-refractivity contribution in [3.63, 3.8) is 0 Å². The first kappa shape index (κ1) is 27.1. The molecule has 0 radical (unpaired) electrons. The second-order valence-electron chi connectivity index (χ2n) is 11.2. The van der Waals surface area contributed by atoms with Gasteiger partial charge in [0, 0.05) is 55.9 Å². The third-order valence-corrected chi connectivity index (χ3v) is 7.58. The summed E-state index contributed by atoms with van der Waals surface area (Å²) in [6.45, 7) is 9.56. The monoisotopic (exact) mass is 549 g/mol. The Morgan fingerprint density at radius 1 is 0.846 bits per heavy atom. The van der Waals surface area contributed by atoms with Gasteiger partial charge in [0.05, 0.1) is 23.1 Å². The summed E-state index contributed by atoms with van der Waals surface area (Å²) in [5.41, 5.74) is 3.08. The van der Waals surface area contributed by atoms with Gasteiger partial charge < -0.3 is 19.4 Å². The molecular formula is C30H36ClN5O3. The van der Waals surface area contributed by atoms with Crippen molar-refractivity contribution in [1.29, 1.82) is 0 Å². The number of aromatic nitrogens is 2. The number of benzene rings is 2. The summed E-state index contributed by atoms with van der Waals surface area (Å²) in [7, 11) is 0. The number of halogens is 1. The number of nitrogens with zero attached hydrogens (tertiary/aromatic N) is 5. The van der Waals surface area contributed by atoms with Gasteiger partial charge in [0.2, 0.25) is 0 Å². The summed E-state index contributed by atoms with van der Waals surface area (Å²) in [4.78, 5) is 32.5. The van der Waals surface area contributed by atoms with E-state index in [9.17, 15) is 9.59 Å². The van der Waals surface area contributed by atoms with E-state index in [1.165, 1.54) is 0 Å². The predicted octanol–water partition coefficient (Wildman–Crippen LogP) is 5.60. The highest BCUT2D eigenvalue weighted by Crippen LogP contribution is 2.33. The first-order valence-corrected chi connectivity index (χ1v) is 14.0. The molecule has 0 aliphatic carbocycles. The summed E-state index contributed by atoms with van der Waals surface area (Å²) in [5, 5.41) is 5.41. The number of piperidine rings is 1. The van der Waals surface area contributed by atoms with Crippen LogP contribution in [0.3, 0.4) is 0 Å². The molecule has 0 bridgehead atoms. The van der Waals surface area contributed by atoms with Gasteiger partial charge in [-0.25, -0.2) is 9.48 Å². The molecule has 0 saturated carbocycles. The van der Waals surface area contributed by atoms with E-state index in [0.29, 0.717) is 36.8 Å². The van der Waals surface area contributed by atoms with Gasteiger partial charge in [-0.05, 0) is 70.0 Å². The predicted molar refractivity (Wildman–Crippen MR) is 153 cm³/mol. The second-order valence-corrected chi connectivity index (χ2v) is 11.6. The third kappa shape index (κ3) is 6.22. The smallest absolute Gasteiger partial charge is 0.410 e. The lowest BCUT2D eigenvalue weighted by Crippen LogP contribution is -2.49. The van der Waals surface area contributed by atoms with Crippen LogP contribution < -0.4 is 4.90 Å². The molecule has 9 heteroatoms. The quantitative estimate of drug-likeness (QED) is 0.423. The van der Waals surface area contributed by atoms with Crippen LogP contribution in [0.15, 0.2) is 60.8 Å². The van der Waals surface area contributed by atoms with Crippen molar-refractivity contribution in [2.24, 2.45) is 0 Å². The van der Waals surface area contributed by atoms with Gasteiger partial charge in [0.1, 0.15) is 5.60 Å². The molecule has 39 heavy (non-hydrogen) atoms. The number of hydrogen-bond acceptors (Lipinski definition) is 5. The van der Waals surface area contributed by atoms with Gasteiger partial charge in [0.15, 0.2) is 0 Å². The molecule has 1 aromatic heterocycles. The normalized spacial score (nSPS) is 16.9. The summed E-state index contributed by atoms with van der Waals surface area (Å²) in [6.07, 6.45) is 2.91. The van der Waals surface area contributed by atoms with Crippen LogP contribution in [0.25, 0.3) is 5.69 Å². The van der Waals surface area contributed by atoms with Gasteiger partial charge in [-0.3, -0.25) is 4.79 Å².